The molecule has 1 saturated carbocycles. The first-order chi connectivity index (χ1) is 13.7. The molecule has 1 N–H and O–H groups in total. The predicted molar refractivity (Wildman–Crippen MR) is 98.9 cm³/mol. The number of halogens is 4. The Morgan fingerprint density at radius 3 is 2.76 bits per heavy atom. The molecule has 3 aromatic heterocycles. The van der Waals surface area contributed by atoms with Crippen molar-refractivity contribution in [3.63, 3.8) is 0 Å². The summed E-state index contributed by atoms with van der Waals surface area (Å²) in [5, 5.41) is 11.3. The smallest absolute Gasteiger partial charge is 0.352 e. The quantitative estimate of drug-likeness (QED) is 0.611. The summed E-state index contributed by atoms with van der Waals surface area (Å²) in [6.07, 6.45) is 0.414. The van der Waals surface area contributed by atoms with Crippen LogP contribution in [0.5, 0.6) is 0 Å². The highest BCUT2D eigenvalue weighted by Crippen LogP contribution is 2.41. The van der Waals surface area contributed by atoms with Crippen LogP contribution in [-0.4, -0.2) is 36.8 Å². The summed E-state index contributed by atoms with van der Waals surface area (Å²) >= 11 is 5.95. The molecule has 0 unspecified atom stereocenters. The molecular weight excluding hydrogens is 409 g/mol. The third-order valence-electron chi connectivity index (χ3n) is 4.76. The molecule has 29 heavy (non-hydrogen) atoms. The van der Waals surface area contributed by atoms with E-state index in [4.69, 9.17) is 11.6 Å². The number of nitrogens with zero attached hydrogens (tertiary/aromatic N) is 5. The fraction of sp³-hybridized carbons (Fsp3) is 0.444. The summed E-state index contributed by atoms with van der Waals surface area (Å²) in [6, 6.07) is 1.02. The molecule has 1 aliphatic rings. The second-order valence-electron chi connectivity index (χ2n) is 7.07. The largest absolute Gasteiger partial charge is 0.433 e. The highest BCUT2D eigenvalue weighted by Gasteiger charge is 2.37. The maximum absolute atomic E-state index is 13.4. The van der Waals surface area contributed by atoms with E-state index in [1.165, 1.54) is 0 Å². The maximum atomic E-state index is 13.4. The Morgan fingerprint density at radius 2 is 2.14 bits per heavy atom. The molecule has 7 nitrogen and oxygen atoms in total. The Morgan fingerprint density at radius 1 is 1.38 bits per heavy atom. The zero-order chi connectivity index (χ0) is 20.8. The van der Waals surface area contributed by atoms with Crippen molar-refractivity contribution in [3.8, 4) is 0 Å². The van der Waals surface area contributed by atoms with Crippen LogP contribution in [0.4, 0.5) is 13.2 Å². The molecule has 0 radical (unpaired) electrons. The molecule has 0 atom stereocenters. The first kappa shape index (κ1) is 19.7. The first-order valence-corrected chi connectivity index (χ1v) is 9.55. The van der Waals surface area contributed by atoms with Crippen molar-refractivity contribution in [2.45, 2.75) is 44.8 Å². The third-order valence-corrected chi connectivity index (χ3v) is 5.13. The SMILES string of the molecule is Cc1nn(CCCNC(=O)c2cnn3c(C(F)(F)F)cc(C4CC4)nc23)cc1Cl. The minimum atomic E-state index is -4.59. The summed E-state index contributed by atoms with van der Waals surface area (Å²) in [4.78, 5) is 16.8. The zero-order valence-corrected chi connectivity index (χ0v) is 16.3. The normalized spacial score (nSPS) is 14.5. The van der Waals surface area contributed by atoms with Gasteiger partial charge in [0.15, 0.2) is 5.65 Å². The standard InChI is InChI=1S/C18H18ClF3N6O/c1-10-13(19)9-27(26-10)6-2-5-23-17(29)12-8-24-28-15(18(20,21)22)7-14(11-3-4-11)25-16(12)28/h7-9,11H,2-6H2,1H3,(H,23,29). The summed E-state index contributed by atoms with van der Waals surface area (Å²) in [7, 11) is 0. The van der Waals surface area contributed by atoms with E-state index in [9.17, 15) is 18.0 Å². The lowest BCUT2D eigenvalue weighted by Gasteiger charge is -2.11. The van der Waals surface area contributed by atoms with Gasteiger partial charge >= 0.3 is 6.18 Å². The molecule has 0 saturated heterocycles. The van der Waals surface area contributed by atoms with Gasteiger partial charge in [-0.05, 0) is 32.3 Å². The van der Waals surface area contributed by atoms with Gasteiger partial charge in [0.05, 0.1) is 16.9 Å². The van der Waals surface area contributed by atoms with E-state index in [2.05, 4.69) is 20.5 Å². The number of carbonyl (C=O) groups excluding carboxylic acids is 1. The number of nitrogens with one attached hydrogen (secondary N) is 1. The lowest BCUT2D eigenvalue weighted by atomic mass is 10.2. The predicted octanol–water partition coefficient (Wildman–Crippen LogP) is 3.60. The van der Waals surface area contributed by atoms with Crippen LogP contribution < -0.4 is 5.32 Å². The minimum Gasteiger partial charge on any atom is -0.352 e. The zero-order valence-electron chi connectivity index (χ0n) is 15.5. The highest BCUT2D eigenvalue weighted by molar-refractivity contribution is 6.31. The summed E-state index contributed by atoms with van der Waals surface area (Å²) in [6.45, 7) is 2.66. The van der Waals surface area contributed by atoms with E-state index in [0.29, 0.717) is 34.7 Å². The van der Waals surface area contributed by atoms with Gasteiger partial charge < -0.3 is 5.32 Å². The lowest BCUT2D eigenvalue weighted by Crippen LogP contribution is -2.25. The molecule has 1 amide bonds. The Kier molecular flexibility index (Phi) is 4.97. The Balaban J connectivity index is 1.49. The fourth-order valence-corrected chi connectivity index (χ4v) is 3.23. The molecule has 0 aromatic carbocycles. The number of carbonyl (C=O) groups is 1. The molecule has 0 bridgehead atoms. The molecule has 4 rings (SSSR count). The van der Waals surface area contributed by atoms with Crippen LogP contribution in [0, 0.1) is 6.92 Å². The van der Waals surface area contributed by atoms with E-state index < -0.39 is 17.8 Å². The topological polar surface area (TPSA) is 77.1 Å². The monoisotopic (exact) mass is 426 g/mol. The van der Waals surface area contributed by atoms with Crippen LogP contribution in [0.2, 0.25) is 5.02 Å². The van der Waals surface area contributed by atoms with Gasteiger partial charge in [0.25, 0.3) is 5.91 Å². The van der Waals surface area contributed by atoms with Gasteiger partial charge in [-0.2, -0.15) is 23.4 Å². The molecule has 11 heteroatoms. The Labute approximate surface area is 168 Å². The number of aromatic nitrogens is 5. The number of alkyl halides is 3. The Hall–Kier alpha value is -2.62. The number of amides is 1. The van der Waals surface area contributed by atoms with Crippen LogP contribution in [0.3, 0.4) is 0 Å². The van der Waals surface area contributed by atoms with E-state index in [1.54, 1.807) is 17.8 Å². The molecule has 0 aliphatic heterocycles. The van der Waals surface area contributed by atoms with Gasteiger partial charge in [0.2, 0.25) is 0 Å². The fourth-order valence-electron chi connectivity index (χ4n) is 3.08. The van der Waals surface area contributed by atoms with Gasteiger partial charge in [0.1, 0.15) is 11.3 Å². The van der Waals surface area contributed by atoms with Crippen LogP contribution in [0.15, 0.2) is 18.5 Å². The van der Waals surface area contributed by atoms with E-state index >= 15 is 0 Å². The highest BCUT2D eigenvalue weighted by atomic mass is 35.5. The van der Waals surface area contributed by atoms with Crippen molar-refractivity contribution >= 4 is 23.2 Å². The molecule has 0 spiro atoms. The number of hydrogen-bond donors (Lipinski definition) is 1. The van der Waals surface area contributed by atoms with Crippen molar-refractivity contribution < 1.29 is 18.0 Å². The average Bonchev–Trinajstić information content (AvgIpc) is 3.34. The Bertz CT molecular complexity index is 1050. The second kappa shape index (κ2) is 7.33. The van der Waals surface area contributed by atoms with Crippen molar-refractivity contribution in [2.24, 2.45) is 0 Å². The molecule has 154 valence electrons. The number of rotatable bonds is 6. The van der Waals surface area contributed by atoms with Crippen LogP contribution in [-0.2, 0) is 12.7 Å². The van der Waals surface area contributed by atoms with Gasteiger partial charge in [-0.3, -0.25) is 9.48 Å². The van der Waals surface area contributed by atoms with Crippen molar-refractivity contribution in [1.29, 1.82) is 0 Å². The second-order valence-corrected chi connectivity index (χ2v) is 7.47. The summed E-state index contributed by atoms with van der Waals surface area (Å²) < 4.78 is 42.6. The molecule has 3 heterocycles. The summed E-state index contributed by atoms with van der Waals surface area (Å²) in [5.74, 6) is -0.500. The average molecular weight is 427 g/mol. The van der Waals surface area contributed by atoms with E-state index in [0.717, 1.165) is 30.8 Å². The molecule has 1 aliphatic carbocycles. The number of fused-ring (bicyclic) bond motifs is 1. The van der Waals surface area contributed by atoms with E-state index in [1.807, 2.05) is 0 Å². The molecular formula is C18H18ClF3N6O. The van der Waals surface area contributed by atoms with Crippen molar-refractivity contribution in [3.05, 3.63) is 46.1 Å². The van der Waals surface area contributed by atoms with Crippen molar-refractivity contribution in [1.82, 2.24) is 29.7 Å². The first-order valence-electron chi connectivity index (χ1n) is 9.17. The van der Waals surface area contributed by atoms with Gasteiger partial charge in [-0.25, -0.2) is 9.50 Å². The van der Waals surface area contributed by atoms with Crippen LogP contribution in [0.25, 0.3) is 5.65 Å². The van der Waals surface area contributed by atoms with Gasteiger partial charge in [-0.15, -0.1) is 0 Å². The number of hydrogen-bond acceptors (Lipinski definition) is 4. The van der Waals surface area contributed by atoms with Crippen molar-refractivity contribution in [2.75, 3.05) is 6.54 Å². The van der Waals surface area contributed by atoms with Crippen LogP contribution in [0.1, 0.15) is 52.6 Å². The minimum absolute atomic E-state index is 0.0104. The van der Waals surface area contributed by atoms with Gasteiger partial charge in [0, 0.05) is 30.9 Å². The maximum Gasteiger partial charge on any atom is 0.433 e. The summed E-state index contributed by atoms with van der Waals surface area (Å²) in [5.41, 5.74) is 0.101. The molecule has 3 aromatic rings. The van der Waals surface area contributed by atoms with E-state index in [-0.39, 0.29) is 17.1 Å². The third kappa shape index (κ3) is 4.07. The lowest BCUT2D eigenvalue weighted by molar-refractivity contribution is -0.142. The molecule has 1 fully saturated rings. The van der Waals surface area contributed by atoms with Gasteiger partial charge in [-0.1, -0.05) is 11.6 Å². The van der Waals surface area contributed by atoms with Crippen LogP contribution >= 0.6 is 11.6 Å². The number of aryl methyl sites for hydroxylation is 2.